The average Bonchev–Trinajstić information content (AvgIpc) is 2.90. The van der Waals surface area contributed by atoms with Crippen molar-refractivity contribution in [3.63, 3.8) is 0 Å². The summed E-state index contributed by atoms with van der Waals surface area (Å²) in [7, 11) is 2.84. The maximum absolute atomic E-state index is 13.4. The van der Waals surface area contributed by atoms with E-state index in [0.717, 1.165) is 6.42 Å². The fourth-order valence-electron chi connectivity index (χ4n) is 2.07. The first kappa shape index (κ1) is 15.0. The van der Waals surface area contributed by atoms with Crippen molar-refractivity contribution in [1.82, 2.24) is 9.78 Å². The van der Waals surface area contributed by atoms with Crippen molar-refractivity contribution < 1.29 is 18.7 Å². The molecule has 0 saturated heterocycles. The van der Waals surface area contributed by atoms with Crippen LogP contribution < -0.4 is 9.47 Å². The number of benzene rings is 1. The Hall–Kier alpha value is -2.37. The Kier molecular flexibility index (Phi) is 4.57. The number of ketones is 1. The van der Waals surface area contributed by atoms with Gasteiger partial charge in [-0.3, -0.25) is 9.48 Å². The minimum Gasteiger partial charge on any atom is -0.494 e. The van der Waals surface area contributed by atoms with Gasteiger partial charge in [0.25, 0.3) is 0 Å². The predicted octanol–water partition coefficient (Wildman–Crippen LogP) is 2.68. The molecule has 0 N–H and O–H groups in total. The lowest BCUT2D eigenvalue weighted by molar-refractivity contribution is 0.102. The monoisotopic (exact) mass is 292 g/mol. The van der Waals surface area contributed by atoms with Gasteiger partial charge in [0.1, 0.15) is 0 Å². The van der Waals surface area contributed by atoms with Crippen LogP contribution in [0.3, 0.4) is 0 Å². The Bertz CT molecular complexity index is 652. The van der Waals surface area contributed by atoms with Crippen molar-refractivity contribution in [3.05, 3.63) is 41.5 Å². The Balaban J connectivity index is 2.46. The molecule has 0 saturated carbocycles. The van der Waals surface area contributed by atoms with Gasteiger partial charge in [-0.15, -0.1) is 0 Å². The topological polar surface area (TPSA) is 53.4 Å². The summed E-state index contributed by atoms with van der Waals surface area (Å²) < 4.78 is 25.1. The number of ether oxygens (including phenoxy) is 2. The zero-order valence-electron chi connectivity index (χ0n) is 12.2. The largest absolute Gasteiger partial charge is 0.494 e. The van der Waals surface area contributed by atoms with E-state index in [9.17, 15) is 9.18 Å². The lowest BCUT2D eigenvalue weighted by Crippen LogP contribution is -2.13. The summed E-state index contributed by atoms with van der Waals surface area (Å²) in [4.78, 5) is 12.6. The van der Waals surface area contributed by atoms with Crippen molar-refractivity contribution in [2.24, 2.45) is 0 Å². The van der Waals surface area contributed by atoms with Crippen molar-refractivity contribution >= 4 is 5.78 Å². The summed E-state index contributed by atoms with van der Waals surface area (Å²) in [5.41, 5.74) is 0.678. The van der Waals surface area contributed by atoms with Gasteiger partial charge < -0.3 is 9.47 Å². The number of hydrogen-bond acceptors (Lipinski definition) is 4. The van der Waals surface area contributed by atoms with Crippen molar-refractivity contribution in [2.75, 3.05) is 14.2 Å². The molecule has 0 amide bonds. The van der Waals surface area contributed by atoms with Crippen LogP contribution in [0.1, 0.15) is 29.4 Å². The minimum absolute atomic E-state index is 0.0290. The van der Waals surface area contributed by atoms with Gasteiger partial charge in [0, 0.05) is 12.1 Å². The first-order chi connectivity index (χ1) is 10.1. The van der Waals surface area contributed by atoms with Crippen LogP contribution in [0, 0.1) is 5.82 Å². The number of aromatic nitrogens is 2. The lowest BCUT2D eigenvalue weighted by Gasteiger charge is -2.09. The second-order valence-electron chi connectivity index (χ2n) is 4.46. The van der Waals surface area contributed by atoms with E-state index in [2.05, 4.69) is 5.10 Å². The Labute approximate surface area is 122 Å². The standard InChI is InChI=1S/C15H17FN2O3/c1-4-7-18-14(13(21-3)9-17-18)15(19)10-5-6-11(16)12(8-10)20-2/h5-6,8-9H,4,7H2,1-3H3. The highest BCUT2D eigenvalue weighted by molar-refractivity contribution is 6.09. The summed E-state index contributed by atoms with van der Waals surface area (Å²) in [5, 5.41) is 4.15. The van der Waals surface area contributed by atoms with Crippen LogP contribution in [0.5, 0.6) is 11.5 Å². The summed E-state index contributed by atoms with van der Waals surface area (Å²) >= 11 is 0. The number of halogens is 1. The molecule has 6 heteroatoms. The highest BCUT2D eigenvalue weighted by Gasteiger charge is 2.21. The average molecular weight is 292 g/mol. The van der Waals surface area contributed by atoms with E-state index in [0.29, 0.717) is 23.6 Å². The number of hydrogen-bond donors (Lipinski definition) is 0. The van der Waals surface area contributed by atoms with Crippen LogP contribution in [-0.2, 0) is 6.54 Å². The van der Waals surface area contributed by atoms with Crippen LogP contribution >= 0.6 is 0 Å². The fourth-order valence-corrected chi connectivity index (χ4v) is 2.07. The quantitative estimate of drug-likeness (QED) is 0.768. The lowest BCUT2D eigenvalue weighted by atomic mass is 10.1. The predicted molar refractivity (Wildman–Crippen MR) is 75.5 cm³/mol. The molecule has 0 aliphatic rings. The van der Waals surface area contributed by atoms with E-state index in [1.165, 1.54) is 38.6 Å². The molecule has 2 aromatic rings. The van der Waals surface area contributed by atoms with E-state index in [1.54, 1.807) is 4.68 Å². The van der Waals surface area contributed by atoms with E-state index >= 15 is 0 Å². The third-order valence-electron chi connectivity index (χ3n) is 3.09. The SMILES string of the molecule is CCCn1ncc(OC)c1C(=O)c1ccc(F)c(OC)c1. The molecule has 0 fully saturated rings. The molecular formula is C15H17FN2O3. The molecule has 1 aromatic heterocycles. The first-order valence-corrected chi connectivity index (χ1v) is 6.60. The Morgan fingerprint density at radius 3 is 2.62 bits per heavy atom. The second kappa shape index (κ2) is 6.39. The van der Waals surface area contributed by atoms with Crippen LogP contribution in [-0.4, -0.2) is 29.8 Å². The van der Waals surface area contributed by atoms with Gasteiger partial charge in [0.15, 0.2) is 23.0 Å². The number of carbonyl (C=O) groups is 1. The van der Waals surface area contributed by atoms with Gasteiger partial charge in [-0.2, -0.15) is 5.10 Å². The molecule has 1 heterocycles. The van der Waals surface area contributed by atoms with Crippen LogP contribution in [0.4, 0.5) is 4.39 Å². The zero-order valence-corrected chi connectivity index (χ0v) is 12.2. The Morgan fingerprint density at radius 1 is 1.29 bits per heavy atom. The minimum atomic E-state index is -0.511. The van der Waals surface area contributed by atoms with E-state index < -0.39 is 5.82 Å². The molecule has 0 radical (unpaired) electrons. The third-order valence-corrected chi connectivity index (χ3v) is 3.09. The summed E-state index contributed by atoms with van der Waals surface area (Å²) in [6, 6.07) is 4.00. The number of aryl methyl sites for hydroxylation is 1. The molecular weight excluding hydrogens is 275 g/mol. The van der Waals surface area contributed by atoms with Gasteiger partial charge in [0.05, 0.1) is 20.4 Å². The van der Waals surface area contributed by atoms with E-state index in [1.807, 2.05) is 6.92 Å². The third kappa shape index (κ3) is 2.89. The molecule has 0 atom stereocenters. The molecule has 0 aliphatic carbocycles. The highest BCUT2D eigenvalue weighted by atomic mass is 19.1. The molecule has 21 heavy (non-hydrogen) atoms. The van der Waals surface area contributed by atoms with E-state index in [-0.39, 0.29) is 11.5 Å². The number of methoxy groups -OCH3 is 2. The fraction of sp³-hybridized carbons (Fsp3) is 0.333. The highest BCUT2D eigenvalue weighted by Crippen LogP contribution is 2.25. The van der Waals surface area contributed by atoms with E-state index in [4.69, 9.17) is 9.47 Å². The second-order valence-corrected chi connectivity index (χ2v) is 4.46. The Morgan fingerprint density at radius 2 is 2.00 bits per heavy atom. The van der Waals surface area contributed by atoms with Gasteiger partial charge in [-0.1, -0.05) is 6.92 Å². The maximum atomic E-state index is 13.4. The number of rotatable bonds is 6. The smallest absolute Gasteiger partial charge is 0.214 e. The van der Waals surface area contributed by atoms with Crippen LogP contribution in [0.15, 0.2) is 24.4 Å². The van der Waals surface area contributed by atoms with Crippen LogP contribution in [0.25, 0.3) is 0 Å². The normalized spacial score (nSPS) is 10.5. The summed E-state index contributed by atoms with van der Waals surface area (Å²) in [5.74, 6) is -0.364. The molecule has 0 unspecified atom stereocenters. The number of nitrogens with zero attached hydrogens (tertiary/aromatic N) is 2. The van der Waals surface area contributed by atoms with Gasteiger partial charge in [-0.05, 0) is 24.6 Å². The molecule has 112 valence electrons. The molecule has 1 aromatic carbocycles. The summed E-state index contributed by atoms with van der Waals surface area (Å²) in [6.45, 7) is 2.59. The molecule has 2 rings (SSSR count). The van der Waals surface area contributed by atoms with Gasteiger partial charge in [0.2, 0.25) is 5.78 Å². The molecule has 0 bridgehead atoms. The van der Waals surface area contributed by atoms with Crippen LogP contribution in [0.2, 0.25) is 0 Å². The van der Waals surface area contributed by atoms with Crippen molar-refractivity contribution in [1.29, 1.82) is 0 Å². The molecule has 0 aliphatic heterocycles. The maximum Gasteiger partial charge on any atom is 0.214 e. The first-order valence-electron chi connectivity index (χ1n) is 6.60. The summed E-state index contributed by atoms with van der Waals surface area (Å²) in [6.07, 6.45) is 2.33. The molecule has 0 spiro atoms. The van der Waals surface area contributed by atoms with Gasteiger partial charge in [-0.25, -0.2) is 4.39 Å². The van der Waals surface area contributed by atoms with Gasteiger partial charge >= 0.3 is 0 Å². The zero-order chi connectivity index (χ0) is 15.4. The van der Waals surface area contributed by atoms with Crippen molar-refractivity contribution in [2.45, 2.75) is 19.9 Å². The van der Waals surface area contributed by atoms with Crippen molar-refractivity contribution in [3.8, 4) is 11.5 Å². The molecule has 5 nitrogen and oxygen atoms in total. The number of carbonyl (C=O) groups excluding carboxylic acids is 1.